The van der Waals surface area contributed by atoms with E-state index in [0.29, 0.717) is 37.9 Å². The van der Waals surface area contributed by atoms with E-state index in [1.165, 1.54) is 5.01 Å². The Hall–Kier alpha value is -3.53. The number of esters is 1. The molecule has 1 fully saturated rings. The summed E-state index contributed by atoms with van der Waals surface area (Å²) in [5.74, 6) is -1.67. The fourth-order valence-electron chi connectivity index (χ4n) is 5.06. The number of nitrogens with zero attached hydrogens (tertiary/aromatic N) is 2. The Bertz CT molecular complexity index is 1290. The number of hydrogen-bond donors (Lipinski definition) is 3. The molecular weight excluding hydrogens is 510 g/mol. The molecule has 4 rings (SSSR count). The first-order chi connectivity index (χ1) is 18.9. The number of carbonyl (C=O) groups excluding carboxylic acids is 4. The first kappa shape index (κ1) is 29.5. The zero-order chi connectivity index (χ0) is 29.2. The number of benzene rings is 1. The molecule has 0 spiro atoms. The third kappa shape index (κ3) is 6.60. The summed E-state index contributed by atoms with van der Waals surface area (Å²) in [7, 11) is 0. The molecule has 2 aliphatic heterocycles. The van der Waals surface area contributed by atoms with Crippen LogP contribution >= 0.6 is 0 Å². The third-order valence-electron chi connectivity index (χ3n) is 7.87. The van der Waals surface area contributed by atoms with Gasteiger partial charge in [-0.15, -0.1) is 0 Å². The van der Waals surface area contributed by atoms with Crippen molar-refractivity contribution in [2.45, 2.75) is 91.5 Å². The lowest BCUT2D eigenvalue weighted by Crippen LogP contribution is -2.61. The lowest BCUT2D eigenvalue weighted by atomic mass is 9.84. The van der Waals surface area contributed by atoms with Gasteiger partial charge in [0.05, 0.1) is 5.69 Å². The van der Waals surface area contributed by atoms with E-state index in [2.05, 4.69) is 27.1 Å². The van der Waals surface area contributed by atoms with Crippen molar-refractivity contribution in [3.63, 3.8) is 0 Å². The van der Waals surface area contributed by atoms with E-state index >= 15 is 0 Å². The molecule has 216 valence electrons. The van der Waals surface area contributed by atoms with Gasteiger partial charge in [0.2, 0.25) is 11.8 Å². The topological polar surface area (TPSA) is 130 Å². The summed E-state index contributed by atoms with van der Waals surface area (Å²) >= 11 is 0. The maximum atomic E-state index is 13.3. The molecule has 0 aliphatic carbocycles. The van der Waals surface area contributed by atoms with Gasteiger partial charge in [-0.1, -0.05) is 45.9 Å². The molecule has 3 amide bonds. The number of fused-ring (bicyclic) bond motifs is 4. The number of carbonyl (C=O) groups is 4. The molecule has 0 saturated carbocycles. The Morgan fingerprint density at radius 2 is 1.80 bits per heavy atom. The second kappa shape index (κ2) is 11.9. The van der Waals surface area contributed by atoms with Gasteiger partial charge in [0.1, 0.15) is 24.2 Å². The summed E-state index contributed by atoms with van der Waals surface area (Å²) in [4.78, 5) is 57.3. The molecule has 2 aromatic rings. The van der Waals surface area contributed by atoms with Crippen LogP contribution in [-0.4, -0.2) is 58.4 Å². The van der Waals surface area contributed by atoms with Gasteiger partial charge in [-0.2, -0.15) is 0 Å². The highest BCUT2D eigenvalue weighted by atomic mass is 16.5. The van der Waals surface area contributed by atoms with Crippen LogP contribution in [0.5, 0.6) is 0 Å². The average molecular weight is 552 g/mol. The van der Waals surface area contributed by atoms with Crippen molar-refractivity contribution in [3.05, 3.63) is 41.7 Å². The van der Waals surface area contributed by atoms with Crippen LogP contribution in [-0.2, 0) is 30.3 Å². The molecule has 3 heterocycles. The van der Waals surface area contributed by atoms with E-state index in [1.54, 1.807) is 20.0 Å². The molecule has 1 saturated heterocycles. The molecule has 10 heteroatoms. The third-order valence-corrected chi connectivity index (χ3v) is 7.87. The van der Waals surface area contributed by atoms with Crippen molar-refractivity contribution in [2.75, 3.05) is 6.54 Å². The lowest BCUT2D eigenvalue weighted by molar-refractivity contribution is -0.157. The minimum absolute atomic E-state index is 0.193. The van der Waals surface area contributed by atoms with Crippen molar-refractivity contribution in [1.82, 2.24) is 26.1 Å². The SMILES string of the molecule is CC1NC(=O)[C@H](C(C)C)NC(=O)C(C)(C)CCc2ccc3cnc(cc3c2)[C@@H](C)OC(=O)C2CCCN(N2)C1=O. The van der Waals surface area contributed by atoms with E-state index in [0.717, 1.165) is 16.3 Å². The monoisotopic (exact) mass is 551 g/mol. The van der Waals surface area contributed by atoms with E-state index in [-0.39, 0.29) is 17.7 Å². The molecule has 5 bridgehead atoms. The van der Waals surface area contributed by atoms with Crippen molar-refractivity contribution in [1.29, 1.82) is 0 Å². The summed E-state index contributed by atoms with van der Waals surface area (Å²) < 4.78 is 5.76. The Balaban J connectivity index is 1.66. The summed E-state index contributed by atoms with van der Waals surface area (Å²) in [5, 5.41) is 8.99. The van der Waals surface area contributed by atoms with E-state index < -0.39 is 41.5 Å². The predicted octanol–water partition coefficient (Wildman–Crippen LogP) is 2.95. The normalized spacial score (nSPS) is 26.8. The summed E-state index contributed by atoms with van der Waals surface area (Å²) in [6.07, 6.45) is 3.52. The quantitative estimate of drug-likeness (QED) is 0.465. The van der Waals surface area contributed by atoms with Crippen LogP contribution in [0, 0.1) is 11.3 Å². The first-order valence-electron chi connectivity index (χ1n) is 14.1. The number of ether oxygens (including phenoxy) is 1. The second-order valence-corrected chi connectivity index (χ2v) is 12.0. The zero-order valence-corrected chi connectivity index (χ0v) is 24.2. The lowest BCUT2D eigenvalue weighted by Gasteiger charge is -2.35. The number of aryl methyl sites for hydroxylation is 1. The Morgan fingerprint density at radius 1 is 1.05 bits per heavy atom. The van der Waals surface area contributed by atoms with E-state index in [4.69, 9.17) is 4.74 Å². The Morgan fingerprint density at radius 3 is 2.52 bits per heavy atom. The maximum absolute atomic E-state index is 13.3. The van der Waals surface area contributed by atoms with Crippen molar-refractivity contribution >= 4 is 34.5 Å². The molecule has 2 aliphatic rings. The van der Waals surface area contributed by atoms with Gasteiger partial charge in [-0.3, -0.25) is 29.2 Å². The van der Waals surface area contributed by atoms with Crippen molar-refractivity contribution < 1.29 is 23.9 Å². The van der Waals surface area contributed by atoms with E-state index in [9.17, 15) is 19.2 Å². The number of hydrogen-bond acceptors (Lipinski definition) is 7. The number of rotatable bonds is 1. The van der Waals surface area contributed by atoms with Crippen molar-refractivity contribution in [2.24, 2.45) is 11.3 Å². The van der Waals surface area contributed by atoms with Crippen molar-refractivity contribution in [3.8, 4) is 0 Å². The average Bonchev–Trinajstić information content (AvgIpc) is 2.92. The smallest absolute Gasteiger partial charge is 0.325 e. The van der Waals surface area contributed by atoms with Crippen LogP contribution in [0.1, 0.15) is 78.2 Å². The van der Waals surface area contributed by atoms with Gasteiger partial charge in [-0.05, 0) is 62.5 Å². The minimum Gasteiger partial charge on any atom is -0.455 e. The number of nitrogens with one attached hydrogen (secondary N) is 3. The Kier molecular flexibility index (Phi) is 8.77. The number of amides is 3. The molecule has 1 aromatic carbocycles. The maximum Gasteiger partial charge on any atom is 0.325 e. The summed E-state index contributed by atoms with van der Waals surface area (Å²) in [5.41, 5.74) is 3.94. The summed E-state index contributed by atoms with van der Waals surface area (Å²) in [6, 6.07) is 5.65. The van der Waals surface area contributed by atoms with Crippen LogP contribution in [0.4, 0.5) is 0 Å². The Labute approximate surface area is 235 Å². The van der Waals surface area contributed by atoms with Crippen LogP contribution in [0.15, 0.2) is 30.5 Å². The zero-order valence-electron chi connectivity index (χ0n) is 24.2. The molecule has 10 nitrogen and oxygen atoms in total. The van der Waals surface area contributed by atoms with E-state index in [1.807, 2.05) is 45.9 Å². The second-order valence-electron chi connectivity index (χ2n) is 12.0. The largest absolute Gasteiger partial charge is 0.455 e. The number of cyclic esters (lactones) is 1. The van der Waals surface area contributed by atoms with Gasteiger partial charge in [-0.25, -0.2) is 5.43 Å². The summed E-state index contributed by atoms with van der Waals surface area (Å²) in [6.45, 7) is 11.2. The fourth-order valence-corrected chi connectivity index (χ4v) is 5.06. The molecule has 3 N–H and O–H groups in total. The highest BCUT2D eigenvalue weighted by Gasteiger charge is 2.36. The molecule has 0 radical (unpaired) electrons. The molecule has 4 atom stereocenters. The number of hydrazine groups is 1. The molecule has 1 aromatic heterocycles. The fraction of sp³-hybridized carbons (Fsp3) is 0.567. The number of aromatic nitrogens is 1. The van der Waals surface area contributed by atoms with Gasteiger partial charge in [0, 0.05) is 23.5 Å². The number of pyridine rings is 1. The highest BCUT2D eigenvalue weighted by Crippen LogP contribution is 2.27. The van der Waals surface area contributed by atoms with Gasteiger partial charge < -0.3 is 15.4 Å². The standard InChI is InChI=1S/C30H41N5O5/c1-17(2)25-26(36)32-18(3)27(37)35-13-7-8-23(34-35)28(38)40-19(4)24-15-22-14-20(9-10-21(22)16-31-24)11-12-30(5,6)29(39)33-25/h9-10,14-19,23,25,34H,7-8,11-13H2,1-6H3,(H,32,36)(H,33,39)/t18?,19-,23?,25+/m1/s1. The first-order valence-corrected chi connectivity index (χ1v) is 14.1. The molecule has 40 heavy (non-hydrogen) atoms. The van der Waals surface area contributed by atoms with Crippen LogP contribution in [0.3, 0.4) is 0 Å². The highest BCUT2D eigenvalue weighted by molar-refractivity contribution is 5.93. The molecular formula is C30H41N5O5. The van der Waals surface area contributed by atoms with Gasteiger partial charge >= 0.3 is 5.97 Å². The van der Waals surface area contributed by atoms with Crippen LogP contribution in [0.25, 0.3) is 10.8 Å². The predicted molar refractivity (Wildman–Crippen MR) is 151 cm³/mol. The minimum atomic E-state index is -0.865. The molecule has 2 unspecified atom stereocenters. The van der Waals surface area contributed by atoms with Crippen LogP contribution in [0.2, 0.25) is 0 Å². The van der Waals surface area contributed by atoms with Gasteiger partial charge in [0.25, 0.3) is 5.91 Å². The van der Waals surface area contributed by atoms with Gasteiger partial charge in [0.15, 0.2) is 0 Å². The van der Waals surface area contributed by atoms with Crippen LogP contribution < -0.4 is 16.1 Å².